The maximum absolute atomic E-state index is 13.6. The van der Waals surface area contributed by atoms with Crippen LogP contribution < -0.4 is 10.1 Å². The van der Waals surface area contributed by atoms with Crippen molar-refractivity contribution in [2.75, 3.05) is 13.7 Å². The third-order valence-corrected chi connectivity index (χ3v) is 3.17. The third kappa shape index (κ3) is 2.28. The number of methoxy groups -OCH3 is 1. The summed E-state index contributed by atoms with van der Waals surface area (Å²) < 4.78 is 18.5. The highest BCUT2D eigenvalue weighted by molar-refractivity contribution is 5.37. The molecule has 1 saturated heterocycles. The van der Waals surface area contributed by atoms with Crippen molar-refractivity contribution in [1.82, 2.24) is 25.5 Å². The molecule has 1 N–H and O–H groups in total. The van der Waals surface area contributed by atoms with Crippen LogP contribution in [0.15, 0.2) is 18.2 Å². The third-order valence-electron chi connectivity index (χ3n) is 3.17. The molecular formula is C12H14FN5O. The van der Waals surface area contributed by atoms with Gasteiger partial charge >= 0.3 is 0 Å². The van der Waals surface area contributed by atoms with Gasteiger partial charge in [0.2, 0.25) is 0 Å². The Hall–Kier alpha value is -2.02. The summed E-state index contributed by atoms with van der Waals surface area (Å²) >= 11 is 0. The molecule has 2 aromatic rings. The van der Waals surface area contributed by atoms with Gasteiger partial charge in [-0.3, -0.25) is 0 Å². The maximum Gasteiger partial charge on any atom is 0.192 e. The first-order valence-corrected chi connectivity index (χ1v) is 6.15. The fourth-order valence-corrected chi connectivity index (χ4v) is 2.16. The number of hydrogen-bond donors (Lipinski definition) is 1. The smallest absolute Gasteiger partial charge is 0.192 e. The normalized spacial score (nSPS) is 18.7. The largest absolute Gasteiger partial charge is 0.494 e. The Labute approximate surface area is 109 Å². The molecule has 1 aromatic heterocycles. The maximum atomic E-state index is 13.6. The number of benzene rings is 1. The van der Waals surface area contributed by atoms with Gasteiger partial charge in [0.25, 0.3) is 0 Å². The molecule has 0 bridgehead atoms. The fourth-order valence-electron chi connectivity index (χ4n) is 2.16. The Balaban J connectivity index is 1.87. The summed E-state index contributed by atoms with van der Waals surface area (Å²) in [5, 5.41) is 15.5. The molecule has 0 amide bonds. The van der Waals surface area contributed by atoms with E-state index in [-0.39, 0.29) is 11.8 Å². The zero-order valence-electron chi connectivity index (χ0n) is 10.5. The van der Waals surface area contributed by atoms with Crippen molar-refractivity contribution in [3.63, 3.8) is 0 Å². The topological polar surface area (TPSA) is 64.9 Å². The van der Waals surface area contributed by atoms with E-state index in [2.05, 4.69) is 20.7 Å². The second-order valence-corrected chi connectivity index (χ2v) is 4.40. The van der Waals surface area contributed by atoms with Gasteiger partial charge in [-0.1, -0.05) is 0 Å². The lowest BCUT2D eigenvalue weighted by Crippen LogP contribution is -2.14. The van der Waals surface area contributed by atoms with Gasteiger partial charge in [-0.2, -0.15) is 0 Å². The zero-order chi connectivity index (χ0) is 13.2. The van der Waals surface area contributed by atoms with Gasteiger partial charge in [0, 0.05) is 6.07 Å². The van der Waals surface area contributed by atoms with Crippen LogP contribution in [0.3, 0.4) is 0 Å². The molecular weight excluding hydrogens is 249 g/mol. The highest BCUT2D eigenvalue weighted by atomic mass is 19.1. The number of tetrazole rings is 1. The van der Waals surface area contributed by atoms with E-state index < -0.39 is 5.82 Å². The van der Waals surface area contributed by atoms with E-state index in [4.69, 9.17) is 4.74 Å². The molecule has 0 saturated carbocycles. The molecule has 0 radical (unpaired) electrons. The van der Waals surface area contributed by atoms with Crippen molar-refractivity contribution >= 4 is 0 Å². The minimum atomic E-state index is -0.446. The summed E-state index contributed by atoms with van der Waals surface area (Å²) in [6, 6.07) is 4.71. The second kappa shape index (κ2) is 4.93. The predicted octanol–water partition coefficient (Wildman–Crippen LogP) is 1.23. The second-order valence-electron chi connectivity index (χ2n) is 4.40. The van der Waals surface area contributed by atoms with Gasteiger partial charge in [-0.15, -0.1) is 15.0 Å². The first-order chi connectivity index (χ1) is 9.28. The van der Waals surface area contributed by atoms with Crippen LogP contribution in [0.1, 0.15) is 24.7 Å². The zero-order valence-corrected chi connectivity index (χ0v) is 10.5. The first kappa shape index (κ1) is 12.0. The van der Waals surface area contributed by atoms with Crippen molar-refractivity contribution in [3.05, 3.63) is 29.8 Å². The standard InChI is InChI=1S/C12H14FN5O/c1-19-11-5-4-8(7-9(11)13)18-16-12(15-17-18)10-3-2-6-14-10/h4-5,7,10,14H,2-3,6H2,1H3. The van der Waals surface area contributed by atoms with Crippen LogP contribution in [0.2, 0.25) is 0 Å². The molecule has 3 rings (SSSR count). The van der Waals surface area contributed by atoms with Gasteiger partial charge < -0.3 is 10.1 Å². The average molecular weight is 263 g/mol. The number of ether oxygens (including phenoxy) is 1. The number of nitrogens with zero attached hydrogens (tertiary/aromatic N) is 4. The molecule has 1 aliphatic rings. The first-order valence-electron chi connectivity index (χ1n) is 6.15. The lowest BCUT2D eigenvalue weighted by molar-refractivity contribution is 0.386. The summed E-state index contributed by atoms with van der Waals surface area (Å²) in [4.78, 5) is 1.33. The lowest BCUT2D eigenvalue weighted by atomic mass is 10.2. The van der Waals surface area contributed by atoms with Crippen LogP contribution in [0, 0.1) is 5.82 Å². The number of hydrogen-bond acceptors (Lipinski definition) is 5. The Kier molecular flexibility index (Phi) is 3.12. The minimum Gasteiger partial charge on any atom is -0.494 e. The van der Waals surface area contributed by atoms with E-state index in [0.717, 1.165) is 19.4 Å². The number of nitrogens with one attached hydrogen (secondary N) is 1. The summed E-state index contributed by atoms with van der Waals surface area (Å²) in [5.41, 5.74) is 0.523. The lowest BCUT2D eigenvalue weighted by Gasteiger charge is -2.04. The van der Waals surface area contributed by atoms with Crippen LogP contribution in [-0.4, -0.2) is 33.9 Å². The summed E-state index contributed by atoms with van der Waals surface area (Å²) in [7, 11) is 1.43. The number of rotatable bonds is 3. The van der Waals surface area contributed by atoms with Crippen LogP contribution in [0.4, 0.5) is 4.39 Å². The van der Waals surface area contributed by atoms with E-state index in [9.17, 15) is 4.39 Å². The molecule has 1 fully saturated rings. The van der Waals surface area contributed by atoms with E-state index >= 15 is 0 Å². The van der Waals surface area contributed by atoms with Crippen LogP contribution in [0.5, 0.6) is 5.75 Å². The van der Waals surface area contributed by atoms with Gasteiger partial charge in [-0.05, 0) is 36.7 Å². The van der Waals surface area contributed by atoms with Gasteiger partial charge in [0.1, 0.15) is 0 Å². The van der Waals surface area contributed by atoms with Crippen molar-refractivity contribution in [2.24, 2.45) is 0 Å². The van der Waals surface area contributed by atoms with Crippen molar-refractivity contribution in [2.45, 2.75) is 18.9 Å². The number of aromatic nitrogens is 4. The van der Waals surface area contributed by atoms with Crippen molar-refractivity contribution in [3.8, 4) is 11.4 Å². The van der Waals surface area contributed by atoms with E-state index in [1.54, 1.807) is 12.1 Å². The van der Waals surface area contributed by atoms with Gasteiger partial charge in [0.05, 0.1) is 18.8 Å². The molecule has 19 heavy (non-hydrogen) atoms. The molecule has 0 spiro atoms. The molecule has 6 nitrogen and oxygen atoms in total. The molecule has 1 aromatic carbocycles. The predicted molar refractivity (Wildman–Crippen MR) is 65.6 cm³/mol. The Morgan fingerprint density at radius 1 is 1.47 bits per heavy atom. The van der Waals surface area contributed by atoms with Gasteiger partial charge in [-0.25, -0.2) is 4.39 Å². The Morgan fingerprint density at radius 2 is 2.37 bits per heavy atom. The molecule has 0 aliphatic carbocycles. The summed E-state index contributed by atoms with van der Waals surface area (Å²) in [5.74, 6) is 0.396. The van der Waals surface area contributed by atoms with Gasteiger partial charge in [0.15, 0.2) is 17.4 Å². The fraction of sp³-hybridized carbons (Fsp3) is 0.417. The average Bonchev–Trinajstić information content (AvgIpc) is 3.09. The molecule has 7 heteroatoms. The number of halogens is 1. The Morgan fingerprint density at radius 3 is 3.05 bits per heavy atom. The highest BCUT2D eigenvalue weighted by Crippen LogP contribution is 2.21. The van der Waals surface area contributed by atoms with Crippen molar-refractivity contribution < 1.29 is 9.13 Å². The summed E-state index contributed by atoms with van der Waals surface area (Å²) in [6.07, 6.45) is 2.11. The molecule has 1 unspecified atom stereocenters. The monoisotopic (exact) mass is 263 g/mol. The highest BCUT2D eigenvalue weighted by Gasteiger charge is 2.21. The molecule has 2 heterocycles. The van der Waals surface area contributed by atoms with E-state index in [1.807, 2.05) is 0 Å². The van der Waals surface area contributed by atoms with Crippen LogP contribution in [0.25, 0.3) is 5.69 Å². The summed E-state index contributed by atoms with van der Waals surface area (Å²) in [6.45, 7) is 0.969. The van der Waals surface area contributed by atoms with E-state index in [0.29, 0.717) is 11.5 Å². The SMILES string of the molecule is COc1ccc(-n2nnc(C3CCCN3)n2)cc1F. The minimum absolute atomic E-state index is 0.150. The molecule has 1 atom stereocenters. The van der Waals surface area contributed by atoms with Crippen LogP contribution in [-0.2, 0) is 0 Å². The van der Waals surface area contributed by atoms with E-state index in [1.165, 1.54) is 18.0 Å². The van der Waals surface area contributed by atoms with Crippen LogP contribution >= 0.6 is 0 Å². The molecule has 100 valence electrons. The Bertz CT molecular complexity index is 579. The quantitative estimate of drug-likeness (QED) is 0.902. The molecule has 1 aliphatic heterocycles. The van der Waals surface area contributed by atoms with Crippen molar-refractivity contribution in [1.29, 1.82) is 0 Å².